The van der Waals surface area contributed by atoms with Gasteiger partial charge in [0.1, 0.15) is 0 Å². The summed E-state index contributed by atoms with van der Waals surface area (Å²) in [6.45, 7) is 2.72. The van der Waals surface area contributed by atoms with Crippen LogP contribution < -0.4 is 11.1 Å². The predicted octanol–water partition coefficient (Wildman–Crippen LogP) is -0.850. The molecule has 0 radical (unpaired) electrons. The van der Waals surface area contributed by atoms with Crippen LogP contribution in [0.1, 0.15) is 12.8 Å². The molecule has 2 heterocycles. The van der Waals surface area contributed by atoms with Gasteiger partial charge in [-0.25, -0.2) is 0 Å². The normalized spacial score (nSPS) is 18.5. The van der Waals surface area contributed by atoms with Crippen LogP contribution in [0, 0.1) is 5.41 Å². The summed E-state index contributed by atoms with van der Waals surface area (Å²) in [5, 5.41) is 10.5. The molecule has 0 bridgehead atoms. The largest absolute Gasteiger partial charge is 0.381 e. The maximum Gasteiger partial charge on any atom is 0.227 e. The average Bonchev–Trinajstić information content (AvgIpc) is 2.92. The van der Waals surface area contributed by atoms with Gasteiger partial charge in [0.2, 0.25) is 5.91 Å². The van der Waals surface area contributed by atoms with E-state index >= 15 is 0 Å². The Hall–Kier alpha value is -1.47. The molecule has 1 aliphatic rings. The van der Waals surface area contributed by atoms with E-state index in [1.807, 2.05) is 0 Å². The Labute approximate surface area is 106 Å². The second-order valence-corrected chi connectivity index (χ2v) is 4.52. The molecule has 1 fully saturated rings. The van der Waals surface area contributed by atoms with Gasteiger partial charge in [0.05, 0.1) is 18.2 Å². The Bertz CT molecular complexity index is 373. The van der Waals surface area contributed by atoms with Crippen LogP contribution in [0.15, 0.2) is 12.4 Å². The molecule has 1 aliphatic heterocycles. The van der Waals surface area contributed by atoms with Crippen LogP contribution in [0.2, 0.25) is 0 Å². The van der Waals surface area contributed by atoms with Crippen LogP contribution in [0.4, 0.5) is 0 Å². The topological polar surface area (TPSA) is 95.1 Å². The zero-order valence-electron chi connectivity index (χ0n) is 10.3. The van der Waals surface area contributed by atoms with Crippen molar-refractivity contribution in [3.63, 3.8) is 0 Å². The summed E-state index contributed by atoms with van der Waals surface area (Å²) in [4.78, 5) is 12.2. The highest BCUT2D eigenvalue weighted by Crippen LogP contribution is 2.29. The minimum absolute atomic E-state index is 0.0217. The van der Waals surface area contributed by atoms with Gasteiger partial charge in [0.15, 0.2) is 0 Å². The third-order valence-corrected chi connectivity index (χ3v) is 3.42. The highest BCUT2D eigenvalue weighted by atomic mass is 16.5. The number of rotatable bonds is 5. The molecule has 1 aromatic heterocycles. The first-order valence-electron chi connectivity index (χ1n) is 6.17. The molecule has 18 heavy (non-hydrogen) atoms. The average molecular weight is 253 g/mol. The molecule has 2 rings (SSSR count). The fourth-order valence-electron chi connectivity index (χ4n) is 2.11. The van der Waals surface area contributed by atoms with E-state index in [0.29, 0.717) is 45.7 Å². The molecular weight excluding hydrogens is 234 g/mol. The molecule has 7 nitrogen and oxygen atoms in total. The quantitative estimate of drug-likeness (QED) is 0.712. The molecule has 0 unspecified atom stereocenters. The zero-order valence-corrected chi connectivity index (χ0v) is 10.3. The second kappa shape index (κ2) is 5.92. The molecule has 0 aliphatic carbocycles. The van der Waals surface area contributed by atoms with Crippen LogP contribution in [-0.4, -0.2) is 47.2 Å². The fourth-order valence-corrected chi connectivity index (χ4v) is 2.11. The summed E-state index contributed by atoms with van der Waals surface area (Å²) < 4.78 is 6.96. The summed E-state index contributed by atoms with van der Waals surface area (Å²) in [5.74, 6) is 0.0217. The van der Waals surface area contributed by atoms with Gasteiger partial charge in [-0.2, -0.15) is 0 Å². The molecule has 0 atom stereocenters. The lowest BCUT2D eigenvalue weighted by atomic mass is 9.79. The lowest BCUT2D eigenvalue weighted by Crippen LogP contribution is -2.49. The molecular formula is C11H19N5O2. The van der Waals surface area contributed by atoms with Crippen molar-refractivity contribution in [1.29, 1.82) is 0 Å². The SMILES string of the molecule is NCC1(C(=O)NCCn2ccnn2)CCOCC1. The van der Waals surface area contributed by atoms with Crippen LogP contribution in [0.3, 0.4) is 0 Å². The van der Waals surface area contributed by atoms with Crippen molar-refractivity contribution in [2.75, 3.05) is 26.3 Å². The number of nitrogens with zero attached hydrogens (tertiary/aromatic N) is 3. The van der Waals surface area contributed by atoms with Crippen molar-refractivity contribution in [2.24, 2.45) is 11.1 Å². The molecule has 1 saturated heterocycles. The first kappa shape index (κ1) is 13.0. The Morgan fingerprint density at radius 3 is 2.89 bits per heavy atom. The molecule has 0 aromatic carbocycles. The van der Waals surface area contributed by atoms with Crippen LogP contribution >= 0.6 is 0 Å². The highest BCUT2D eigenvalue weighted by Gasteiger charge is 2.38. The van der Waals surface area contributed by atoms with Crippen molar-refractivity contribution in [1.82, 2.24) is 20.3 Å². The van der Waals surface area contributed by atoms with Crippen molar-refractivity contribution >= 4 is 5.91 Å². The number of aromatic nitrogens is 3. The zero-order chi connectivity index (χ0) is 12.8. The Balaban J connectivity index is 1.82. The Kier molecular flexibility index (Phi) is 4.27. The van der Waals surface area contributed by atoms with Crippen molar-refractivity contribution < 1.29 is 9.53 Å². The van der Waals surface area contributed by atoms with Crippen molar-refractivity contribution in [2.45, 2.75) is 19.4 Å². The van der Waals surface area contributed by atoms with E-state index < -0.39 is 5.41 Å². The van der Waals surface area contributed by atoms with Crippen molar-refractivity contribution in [3.8, 4) is 0 Å². The third kappa shape index (κ3) is 2.85. The number of carbonyl (C=O) groups is 1. The maximum absolute atomic E-state index is 12.2. The number of nitrogens with two attached hydrogens (primary N) is 1. The van der Waals surface area contributed by atoms with Gasteiger partial charge >= 0.3 is 0 Å². The first-order chi connectivity index (χ1) is 8.77. The number of ether oxygens (including phenoxy) is 1. The van der Waals surface area contributed by atoms with Crippen molar-refractivity contribution in [3.05, 3.63) is 12.4 Å². The minimum Gasteiger partial charge on any atom is -0.381 e. The first-order valence-corrected chi connectivity index (χ1v) is 6.17. The molecule has 7 heteroatoms. The summed E-state index contributed by atoms with van der Waals surface area (Å²) in [5.41, 5.74) is 5.30. The molecule has 1 amide bonds. The smallest absolute Gasteiger partial charge is 0.227 e. The lowest BCUT2D eigenvalue weighted by molar-refractivity contribution is -0.135. The van der Waals surface area contributed by atoms with Crippen LogP contribution in [0.25, 0.3) is 0 Å². The number of hydrogen-bond donors (Lipinski definition) is 2. The number of hydrogen-bond acceptors (Lipinski definition) is 5. The Morgan fingerprint density at radius 1 is 1.50 bits per heavy atom. The molecule has 3 N–H and O–H groups in total. The van der Waals surface area contributed by atoms with E-state index in [-0.39, 0.29) is 5.91 Å². The molecule has 100 valence electrons. The van der Waals surface area contributed by atoms with Gasteiger partial charge in [-0.15, -0.1) is 5.10 Å². The lowest BCUT2D eigenvalue weighted by Gasteiger charge is -2.34. The van der Waals surface area contributed by atoms with E-state index in [0.717, 1.165) is 0 Å². The van der Waals surface area contributed by atoms with Gasteiger partial charge in [-0.3, -0.25) is 9.48 Å². The monoisotopic (exact) mass is 253 g/mol. The minimum atomic E-state index is -0.458. The van der Waals surface area contributed by atoms with Gasteiger partial charge in [0, 0.05) is 32.5 Å². The van der Waals surface area contributed by atoms with E-state index in [4.69, 9.17) is 10.5 Å². The van der Waals surface area contributed by atoms with E-state index in [1.165, 1.54) is 0 Å². The van der Waals surface area contributed by atoms with Gasteiger partial charge < -0.3 is 15.8 Å². The summed E-state index contributed by atoms with van der Waals surface area (Å²) in [7, 11) is 0. The van der Waals surface area contributed by atoms with Gasteiger partial charge in [-0.1, -0.05) is 5.21 Å². The number of carbonyl (C=O) groups excluding carboxylic acids is 1. The number of amides is 1. The molecule has 1 aromatic rings. The predicted molar refractivity (Wildman–Crippen MR) is 64.6 cm³/mol. The Morgan fingerprint density at radius 2 is 2.28 bits per heavy atom. The molecule has 0 spiro atoms. The van der Waals surface area contributed by atoms with E-state index in [9.17, 15) is 4.79 Å². The fraction of sp³-hybridized carbons (Fsp3) is 0.727. The van der Waals surface area contributed by atoms with E-state index in [2.05, 4.69) is 15.6 Å². The van der Waals surface area contributed by atoms with Gasteiger partial charge in [0.25, 0.3) is 0 Å². The van der Waals surface area contributed by atoms with Crippen LogP contribution in [0.5, 0.6) is 0 Å². The number of nitrogens with one attached hydrogen (secondary N) is 1. The standard InChI is InChI=1S/C11H19N5O2/c12-9-11(1-7-18-8-2-11)10(17)13-3-5-16-6-4-14-15-16/h4,6H,1-3,5,7-9,12H2,(H,13,17). The highest BCUT2D eigenvalue weighted by molar-refractivity contribution is 5.83. The van der Waals surface area contributed by atoms with Gasteiger partial charge in [-0.05, 0) is 12.8 Å². The maximum atomic E-state index is 12.2. The summed E-state index contributed by atoms with van der Waals surface area (Å²) in [6.07, 6.45) is 4.76. The van der Waals surface area contributed by atoms with Crippen LogP contribution in [-0.2, 0) is 16.1 Å². The third-order valence-electron chi connectivity index (χ3n) is 3.42. The van der Waals surface area contributed by atoms with E-state index in [1.54, 1.807) is 17.1 Å². The summed E-state index contributed by atoms with van der Waals surface area (Å²) >= 11 is 0. The molecule has 0 saturated carbocycles. The second-order valence-electron chi connectivity index (χ2n) is 4.52. The summed E-state index contributed by atoms with van der Waals surface area (Å²) in [6, 6.07) is 0.